The molecule has 1 aromatic heterocycles. The topological polar surface area (TPSA) is 37.3 Å². The van der Waals surface area contributed by atoms with Crippen LogP contribution >= 0.6 is 11.3 Å². The molecule has 0 aromatic carbocycles. The van der Waals surface area contributed by atoms with Crippen molar-refractivity contribution < 1.29 is 9.90 Å². The van der Waals surface area contributed by atoms with E-state index in [4.69, 9.17) is 0 Å². The Hall–Kier alpha value is -0.830. The lowest BCUT2D eigenvalue weighted by atomic mass is 9.71. The monoisotopic (exact) mass is 224 g/mol. The van der Waals surface area contributed by atoms with Gasteiger partial charge in [-0.05, 0) is 30.7 Å². The van der Waals surface area contributed by atoms with Crippen LogP contribution in [0.3, 0.4) is 0 Å². The first-order valence-electron chi connectivity index (χ1n) is 5.49. The van der Waals surface area contributed by atoms with Gasteiger partial charge >= 0.3 is 5.97 Å². The number of aliphatic carboxylic acids is 1. The van der Waals surface area contributed by atoms with Gasteiger partial charge in [0.25, 0.3) is 0 Å². The van der Waals surface area contributed by atoms with E-state index in [1.54, 1.807) is 11.3 Å². The van der Waals surface area contributed by atoms with Crippen molar-refractivity contribution in [1.29, 1.82) is 0 Å². The van der Waals surface area contributed by atoms with E-state index in [1.807, 2.05) is 17.5 Å². The van der Waals surface area contributed by atoms with Gasteiger partial charge in [0.1, 0.15) is 0 Å². The van der Waals surface area contributed by atoms with Crippen molar-refractivity contribution in [2.24, 2.45) is 5.41 Å². The first kappa shape index (κ1) is 10.7. The Bertz CT molecular complexity index is 323. The fourth-order valence-electron chi connectivity index (χ4n) is 2.44. The standard InChI is InChI=1S/C12H16O2S/c13-11(14)12(6-2-1-3-7-12)9-10-5-4-8-15-10/h4-5,8H,1-3,6-7,9H2,(H,13,14). The summed E-state index contributed by atoms with van der Waals surface area (Å²) in [5.41, 5.74) is -0.469. The van der Waals surface area contributed by atoms with Gasteiger partial charge in [-0.15, -0.1) is 11.3 Å². The average molecular weight is 224 g/mol. The van der Waals surface area contributed by atoms with Crippen LogP contribution in [0.4, 0.5) is 0 Å². The van der Waals surface area contributed by atoms with Crippen LogP contribution in [0.5, 0.6) is 0 Å². The molecule has 1 aliphatic carbocycles. The third kappa shape index (κ3) is 2.23. The van der Waals surface area contributed by atoms with Gasteiger partial charge in [0.05, 0.1) is 5.41 Å². The molecule has 0 saturated heterocycles. The molecular weight excluding hydrogens is 208 g/mol. The molecule has 1 aromatic rings. The molecule has 1 fully saturated rings. The molecule has 0 amide bonds. The van der Waals surface area contributed by atoms with Gasteiger partial charge in [-0.2, -0.15) is 0 Å². The van der Waals surface area contributed by atoms with E-state index in [0.29, 0.717) is 0 Å². The minimum atomic E-state index is -0.601. The van der Waals surface area contributed by atoms with Crippen molar-refractivity contribution in [3.8, 4) is 0 Å². The number of rotatable bonds is 3. The summed E-state index contributed by atoms with van der Waals surface area (Å²) < 4.78 is 0. The molecule has 15 heavy (non-hydrogen) atoms. The molecule has 82 valence electrons. The molecular formula is C12H16O2S. The second-order valence-electron chi connectivity index (χ2n) is 4.40. The molecule has 0 bridgehead atoms. The molecule has 3 heteroatoms. The average Bonchev–Trinajstić information content (AvgIpc) is 2.71. The van der Waals surface area contributed by atoms with Gasteiger partial charge in [0.15, 0.2) is 0 Å². The van der Waals surface area contributed by atoms with Gasteiger partial charge < -0.3 is 5.11 Å². The zero-order valence-electron chi connectivity index (χ0n) is 8.74. The number of carbonyl (C=O) groups is 1. The van der Waals surface area contributed by atoms with E-state index in [2.05, 4.69) is 0 Å². The van der Waals surface area contributed by atoms with Crippen molar-refractivity contribution in [2.45, 2.75) is 38.5 Å². The summed E-state index contributed by atoms with van der Waals surface area (Å²) in [6.07, 6.45) is 5.75. The third-order valence-electron chi connectivity index (χ3n) is 3.36. The highest BCUT2D eigenvalue weighted by Gasteiger charge is 2.39. The van der Waals surface area contributed by atoms with Crippen LogP contribution in [0, 0.1) is 5.41 Å². The number of carboxylic acids is 1. The summed E-state index contributed by atoms with van der Waals surface area (Å²) in [7, 11) is 0. The van der Waals surface area contributed by atoms with E-state index >= 15 is 0 Å². The maximum absolute atomic E-state index is 11.4. The van der Waals surface area contributed by atoms with Crippen LogP contribution in [0.2, 0.25) is 0 Å². The summed E-state index contributed by atoms with van der Waals surface area (Å²) in [5, 5.41) is 11.4. The minimum Gasteiger partial charge on any atom is -0.481 e. The molecule has 1 heterocycles. The summed E-state index contributed by atoms with van der Waals surface area (Å²) in [6, 6.07) is 4.04. The van der Waals surface area contributed by atoms with Crippen LogP contribution in [0.15, 0.2) is 17.5 Å². The highest BCUT2D eigenvalue weighted by molar-refractivity contribution is 7.09. The van der Waals surface area contributed by atoms with Gasteiger partial charge in [0.2, 0.25) is 0 Å². The van der Waals surface area contributed by atoms with Crippen molar-refractivity contribution in [1.82, 2.24) is 0 Å². The Morgan fingerprint density at radius 2 is 2.13 bits per heavy atom. The maximum Gasteiger partial charge on any atom is 0.309 e. The van der Waals surface area contributed by atoms with Gasteiger partial charge in [0, 0.05) is 4.88 Å². The van der Waals surface area contributed by atoms with Crippen LogP contribution in [-0.4, -0.2) is 11.1 Å². The normalized spacial score (nSPS) is 20.0. The lowest BCUT2D eigenvalue weighted by Crippen LogP contribution is -2.35. The molecule has 2 rings (SSSR count). The Kier molecular flexibility index (Phi) is 3.10. The largest absolute Gasteiger partial charge is 0.481 e. The molecule has 0 unspecified atom stereocenters. The molecule has 0 atom stereocenters. The van der Waals surface area contributed by atoms with Crippen LogP contribution in [0.25, 0.3) is 0 Å². The van der Waals surface area contributed by atoms with Crippen LogP contribution in [0.1, 0.15) is 37.0 Å². The van der Waals surface area contributed by atoms with Crippen LogP contribution < -0.4 is 0 Å². The van der Waals surface area contributed by atoms with E-state index in [9.17, 15) is 9.90 Å². The highest BCUT2D eigenvalue weighted by atomic mass is 32.1. The fourth-order valence-corrected chi connectivity index (χ4v) is 3.29. The second kappa shape index (κ2) is 4.35. The lowest BCUT2D eigenvalue weighted by Gasteiger charge is -2.32. The van der Waals surface area contributed by atoms with Crippen molar-refractivity contribution in [3.63, 3.8) is 0 Å². The predicted molar refractivity (Wildman–Crippen MR) is 61.2 cm³/mol. The quantitative estimate of drug-likeness (QED) is 0.855. The lowest BCUT2D eigenvalue weighted by molar-refractivity contribution is -0.151. The van der Waals surface area contributed by atoms with Gasteiger partial charge in [-0.1, -0.05) is 25.3 Å². The van der Waals surface area contributed by atoms with E-state index < -0.39 is 11.4 Å². The number of carboxylic acid groups (broad SMARTS) is 1. The Balaban J connectivity index is 2.15. The molecule has 2 nitrogen and oxygen atoms in total. The molecule has 0 aliphatic heterocycles. The van der Waals surface area contributed by atoms with Crippen molar-refractivity contribution in [2.75, 3.05) is 0 Å². The maximum atomic E-state index is 11.4. The van der Waals surface area contributed by atoms with Crippen molar-refractivity contribution in [3.05, 3.63) is 22.4 Å². The van der Waals surface area contributed by atoms with E-state index in [0.717, 1.165) is 32.1 Å². The smallest absolute Gasteiger partial charge is 0.309 e. The first-order chi connectivity index (χ1) is 7.23. The van der Waals surface area contributed by atoms with E-state index in [-0.39, 0.29) is 0 Å². The fraction of sp³-hybridized carbons (Fsp3) is 0.583. The number of hydrogen-bond donors (Lipinski definition) is 1. The van der Waals surface area contributed by atoms with Crippen LogP contribution in [-0.2, 0) is 11.2 Å². The minimum absolute atomic E-state index is 0.469. The second-order valence-corrected chi connectivity index (χ2v) is 5.43. The van der Waals surface area contributed by atoms with Gasteiger partial charge in [-0.25, -0.2) is 0 Å². The molecule has 1 aliphatic rings. The summed E-state index contributed by atoms with van der Waals surface area (Å²) in [6.45, 7) is 0. The highest BCUT2D eigenvalue weighted by Crippen LogP contribution is 2.40. The summed E-state index contributed by atoms with van der Waals surface area (Å²) in [4.78, 5) is 12.6. The molecule has 0 radical (unpaired) electrons. The Labute approximate surface area is 93.9 Å². The molecule has 1 N–H and O–H groups in total. The van der Waals surface area contributed by atoms with Gasteiger partial charge in [-0.3, -0.25) is 4.79 Å². The third-order valence-corrected chi connectivity index (χ3v) is 4.23. The Morgan fingerprint density at radius 3 is 2.67 bits per heavy atom. The molecule has 1 saturated carbocycles. The Morgan fingerprint density at radius 1 is 1.40 bits per heavy atom. The number of hydrogen-bond acceptors (Lipinski definition) is 2. The SMILES string of the molecule is O=C(O)C1(Cc2cccs2)CCCCC1. The number of thiophene rings is 1. The summed E-state index contributed by atoms with van der Waals surface area (Å²) in [5.74, 6) is -0.601. The molecule has 0 spiro atoms. The zero-order chi connectivity index (χ0) is 10.7. The first-order valence-corrected chi connectivity index (χ1v) is 6.37. The predicted octanol–water partition coefficient (Wildman–Crippen LogP) is 3.33. The summed E-state index contributed by atoms with van der Waals surface area (Å²) >= 11 is 1.67. The van der Waals surface area contributed by atoms with Crippen molar-refractivity contribution >= 4 is 17.3 Å². The zero-order valence-corrected chi connectivity index (χ0v) is 9.55. The van der Waals surface area contributed by atoms with E-state index in [1.165, 1.54) is 11.3 Å².